The normalized spacial score (nSPS) is 46.7. The molecule has 0 aromatic carbocycles. The van der Waals surface area contributed by atoms with E-state index in [2.05, 4.69) is 42.0 Å². The number of fused-ring (bicyclic) bond motifs is 5. The standard InChI is InChI=1S/C26H41N3O3/c1-16(4-7-23(31)32)19-5-6-20-24-21(9-11-26(19,20)3)25(2)10-8-18(30)14-17(25)15-22(24)29-13-12-27-28-29/h12-13,16-22,24,30H,4-11,14-15H2,1-3H3,(H,31,32)/t16-,17?,18-,19-,20?,21?,22+,24?,25+,26-/m1/s1. The van der Waals surface area contributed by atoms with E-state index in [0.29, 0.717) is 47.0 Å². The van der Waals surface area contributed by atoms with Gasteiger partial charge in [-0.15, -0.1) is 5.10 Å². The van der Waals surface area contributed by atoms with Crippen molar-refractivity contribution in [1.29, 1.82) is 0 Å². The van der Waals surface area contributed by atoms with Crippen LogP contribution in [-0.2, 0) is 4.79 Å². The van der Waals surface area contributed by atoms with Gasteiger partial charge in [0.15, 0.2) is 0 Å². The number of nitrogens with zero attached hydrogens (tertiary/aromatic N) is 3. The lowest BCUT2D eigenvalue weighted by atomic mass is 9.43. The summed E-state index contributed by atoms with van der Waals surface area (Å²) in [5, 5.41) is 28.4. The van der Waals surface area contributed by atoms with E-state index in [9.17, 15) is 15.0 Å². The van der Waals surface area contributed by atoms with Gasteiger partial charge in [0.2, 0.25) is 0 Å². The van der Waals surface area contributed by atoms with Gasteiger partial charge in [-0.3, -0.25) is 4.79 Å². The van der Waals surface area contributed by atoms with Gasteiger partial charge < -0.3 is 10.2 Å². The van der Waals surface area contributed by atoms with Crippen molar-refractivity contribution in [3.8, 4) is 0 Å². The Hall–Kier alpha value is -1.43. The molecule has 5 rings (SSSR count). The average Bonchev–Trinajstić information content (AvgIpc) is 3.39. The van der Waals surface area contributed by atoms with E-state index in [1.807, 2.05) is 6.20 Å². The van der Waals surface area contributed by atoms with Crippen LogP contribution in [0.25, 0.3) is 0 Å². The molecule has 4 unspecified atom stereocenters. The number of hydrogen-bond donors (Lipinski definition) is 2. The molecular formula is C26H41N3O3. The second-order valence-corrected chi connectivity index (χ2v) is 12.2. The van der Waals surface area contributed by atoms with E-state index in [-0.39, 0.29) is 17.9 Å². The average molecular weight is 444 g/mol. The predicted molar refractivity (Wildman–Crippen MR) is 122 cm³/mol. The molecule has 6 heteroatoms. The zero-order chi connectivity index (χ0) is 22.7. The molecular weight excluding hydrogens is 402 g/mol. The smallest absolute Gasteiger partial charge is 0.303 e. The summed E-state index contributed by atoms with van der Waals surface area (Å²) in [6, 6.07) is 0.364. The van der Waals surface area contributed by atoms with Crippen LogP contribution in [0.4, 0.5) is 0 Å². The van der Waals surface area contributed by atoms with Gasteiger partial charge in [-0.25, -0.2) is 4.68 Å². The Labute approximate surface area is 192 Å². The lowest BCUT2D eigenvalue weighted by Gasteiger charge is -2.63. The van der Waals surface area contributed by atoms with Crippen molar-refractivity contribution in [3.05, 3.63) is 12.4 Å². The van der Waals surface area contributed by atoms with Crippen LogP contribution in [-0.4, -0.2) is 37.3 Å². The number of aliphatic hydroxyl groups is 1. The molecule has 1 aromatic rings. The summed E-state index contributed by atoms with van der Waals surface area (Å²) in [7, 11) is 0. The Bertz CT molecular complexity index is 828. The molecule has 1 heterocycles. The number of carbonyl (C=O) groups is 1. The number of carboxylic acids is 1. The number of hydrogen-bond acceptors (Lipinski definition) is 4. The summed E-state index contributed by atoms with van der Waals surface area (Å²) in [5.74, 6) is 2.90. The molecule has 0 amide bonds. The van der Waals surface area contributed by atoms with Gasteiger partial charge in [0.05, 0.1) is 18.3 Å². The molecule has 178 valence electrons. The van der Waals surface area contributed by atoms with Crippen LogP contribution >= 0.6 is 0 Å². The largest absolute Gasteiger partial charge is 0.481 e. The molecule has 0 bridgehead atoms. The minimum atomic E-state index is -0.669. The summed E-state index contributed by atoms with van der Waals surface area (Å²) in [6.07, 6.45) is 13.9. The first-order chi connectivity index (χ1) is 15.2. The third-order valence-electron chi connectivity index (χ3n) is 11.0. The van der Waals surface area contributed by atoms with Gasteiger partial charge in [-0.2, -0.15) is 0 Å². The summed E-state index contributed by atoms with van der Waals surface area (Å²) in [5.41, 5.74) is 0.602. The van der Waals surface area contributed by atoms with Crippen molar-refractivity contribution in [2.75, 3.05) is 0 Å². The number of aliphatic hydroxyl groups excluding tert-OH is 1. The minimum absolute atomic E-state index is 0.152. The quantitative estimate of drug-likeness (QED) is 0.672. The van der Waals surface area contributed by atoms with Gasteiger partial charge in [-0.1, -0.05) is 26.0 Å². The first-order valence-corrected chi connectivity index (χ1v) is 13.0. The fourth-order valence-corrected chi connectivity index (χ4v) is 9.41. The molecule has 6 nitrogen and oxygen atoms in total. The Kier molecular flexibility index (Phi) is 5.67. The minimum Gasteiger partial charge on any atom is -0.481 e. The second-order valence-electron chi connectivity index (χ2n) is 12.2. The van der Waals surface area contributed by atoms with Crippen LogP contribution in [0.15, 0.2) is 12.4 Å². The van der Waals surface area contributed by atoms with Crippen LogP contribution in [0.2, 0.25) is 0 Å². The Morgan fingerprint density at radius 2 is 1.88 bits per heavy atom. The lowest BCUT2D eigenvalue weighted by molar-refractivity contribution is -0.151. The maximum absolute atomic E-state index is 11.2. The van der Waals surface area contributed by atoms with Gasteiger partial charge in [0.1, 0.15) is 0 Å². The van der Waals surface area contributed by atoms with Gasteiger partial charge in [0, 0.05) is 12.6 Å². The third-order valence-corrected chi connectivity index (χ3v) is 11.0. The summed E-state index contributed by atoms with van der Waals surface area (Å²) in [6.45, 7) is 7.35. The Morgan fingerprint density at radius 3 is 2.59 bits per heavy atom. The molecule has 0 radical (unpaired) electrons. The van der Waals surface area contributed by atoms with E-state index in [1.165, 1.54) is 25.7 Å². The van der Waals surface area contributed by atoms with E-state index in [1.54, 1.807) is 0 Å². The van der Waals surface area contributed by atoms with E-state index >= 15 is 0 Å². The molecule has 2 N–H and O–H groups in total. The number of aromatic nitrogens is 3. The van der Waals surface area contributed by atoms with Crippen molar-refractivity contribution in [2.24, 2.45) is 46.3 Å². The van der Waals surface area contributed by atoms with Crippen molar-refractivity contribution in [2.45, 2.75) is 97.1 Å². The van der Waals surface area contributed by atoms with E-state index in [4.69, 9.17) is 0 Å². The molecule has 4 fully saturated rings. The molecule has 0 spiro atoms. The molecule has 10 atom stereocenters. The molecule has 0 saturated heterocycles. The fraction of sp³-hybridized carbons (Fsp3) is 0.885. The molecule has 1 aromatic heterocycles. The summed E-state index contributed by atoms with van der Waals surface area (Å²) >= 11 is 0. The van der Waals surface area contributed by atoms with E-state index < -0.39 is 5.97 Å². The maximum atomic E-state index is 11.2. The van der Waals surface area contributed by atoms with Crippen LogP contribution in [0, 0.1) is 46.3 Å². The monoisotopic (exact) mass is 443 g/mol. The highest BCUT2D eigenvalue weighted by atomic mass is 16.4. The predicted octanol–water partition coefficient (Wildman–Crippen LogP) is 4.95. The molecule has 4 aliphatic rings. The maximum Gasteiger partial charge on any atom is 0.303 e. The van der Waals surface area contributed by atoms with E-state index in [0.717, 1.165) is 32.1 Å². The molecule has 4 aliphatic carbocycles. The second kappa shape index (κ2) is 8.11. The van der Waals surface area contributed by atoms with Crippen LogP contribution < -0.4 is 0 Å². The third kappa shape index (κ3) is 3.43. The number of aliphatic carboxylic acids is 1. The fourth-order valence-electron chi connectivity index (χ4n) is 9.41. The molecule has 0 aliphatic heterocycles. The van der Waals surface area contributed by atoms with Crippen LogP contribution in [0.3, 0.4) is 0 Å². The van der Waals surface area contributed by atoms with Crippen molar-refractivity contribution < 1.29 is 15.0 Å². The Morgan fingerprint density at radius 1 is 1.12 bits per heavy atom. The van der Waals surface area contributed by atoms with Crippen molar-refractivity contribution >= 4 is 5.97 Å². The summed E-state index contributed by atoms with van der Waals surface area (Å²) in [4.78, 5) is 11.2. The van der Waals surface area contributed by atoms with Gasteiger partial charge >= 0.3 is 5.97 Å². The summed E-state index contributed by atoms with van der Waals surface area (Å²) < 4.78 is 2.14. The Balaban J connectivity index is 1.47. The highest BCUT2D eigenvalue weighted by Gasteiger charge is 2.63. The first-order valence-electron chi connectivity index (χ1n) is 13.0. The van der Waals surface area contributed by atoms with Gasteiger partial charge in [0.25, 0.3) is 0 Å². The number of carboxylic acid groups (broad SMARTS) is 1. The van der Waals surface area contributed by atoms with Crippen molar-refractivity contribution in [1.82, 2.24) is 15.0 Å². The van der Waals surface area contributed by atoms with Crippen LogP contribution in [0.1, 0.15) is 91.0 Å². The highest BCUT2D eigenvalue weighted by molar-refractivity contribution is 5.66. The number of rotatable bonds is 5. The zero-order valence-corrected chi connectivity index (χ0v) is 20.0. The highest BCUT2D eigenvalue weighted by Crippen LogP contribution is 2.70. The van der Waals surface area contributed by atoms with Crippen LogP contribution in [0.5, 0.6) is 0 Å². The first kappa shape index (κ1) is 22.4. The molecule has 4 saturated carbocycles. The lowest BCUT2D eigenvalue weighted by Crippen LogP contribution is -2.57. The topological polar surface area (TPSA) is 88.2 Å². The SMILES string of the molecule is C[C@H](CCC(=O)O)[C@H]1CCC2C3C(CC[C@@]21C)[C@@]1(C)CC[C@@H](O)CC1C[C@@H]3n1ccnn1. The zero-order valence-electron chi connectivity index (χ0n) is 20.0. The molecule has 32 heavy (non-hydrogen) atoms. The van der Waals surface area contributed by atoms with Crippen molar-refractivity contribution in [3.63, 3.8) is 0 Å². The van der Waals surface area contributed by atoms with Gasteiger partial charge in [-0.05, 0) is 104 Å².